The average Bonchev–Trinajstić information content (AvgIpc) is 2.48. The highest BCUT2D eigenvalue weighted by Crippen LogP contribution is 2.19. The van der Waals surface area contributed by atoms with Crippen LogP contribution in [0.15, 0.2) is 24.3 Å². The van der Waals surface area contributed by atoms with Crippen LogP contribution in [0.2, 0.25) is 5.02 Å². The minimum Gasteiger partial charge on any atom is -0.444 e. The molecule has 1 aromatic rings. The first-order valence-corrected chi connectivity index (χ1v) is 8.54. The maximum Gasteiger partial charge on any atom is 0.407 e. The third-order valence-electron chi connectivity index (χ3n) is 3.94. The summed E-state index contributed by atoms with van der Waals surface area (Å²) in [5.74, 6) is 0. The summed E-state index contributed by atoms with van der Waals surface area (Å²) in [6, 6.07) is 7.79. The fourth-order valence-corrected chi connectivity index (χ4v) is 2.50. The first-order chi connectivity index (χ1) is 10.7. The second kappa shape index (κ2) is 8.55. The topological polar surface area (TPSA) is 50.4 Å². The maximum absolute atomic E-state index is 11.9. The normalized spacial score (nSPS) is 12.1. The van der Waals surface area contributed by atoms with Gasteiger partial charge in [-0.05, 0) is 45.2 Å². The molecule has 0 spiro atoms. The number of amides is 1. The Hall–Kier alpha value is -1.26. The van der Waals surface area contributed by atoms with Gasteiger partial charge in [0, 0.05) is 23.7 Å². The number of nitrogens with one attached hydrogen (secondary N) is 2. The standard InChI is InChI=1S/C18H29ClN2O2/c1-6-18(7-2,13-20-16(22)23-17(3,4)5)21-12-14-10-8-9-11-15(14)19/h8-11,21H,6-7,12-13H2,1-5H3,(H,20,22). The SMILES string of the molecule is CCC(CC)(CNC(=O)OC(C)(C)C)NCc1ccccc1Cl. The number of halogens is 1. The van der Waals surface area contributed by atoms with Gasteiger partial charge in [0.05, 0.1) is 0 Å². The molecule has 23 heavy (non-hydrogen) atoms. The van der Waals surface area contributed by atoms with E-state index in [0.717, 1.165) is 23.4 Å². The lowest BCUT2D eigenvalue weighted by Crippen LogP contribution is -2.53. The lowest BCUT2D eigenvalue weighted by molar-refractivity contribution is 0.0507. The number of alkyl carbamates (subject to hydrolysis) is 1. The monoisotopic (exact) mass is 340 g/mol. The van der Waals surface area contributed by atoms with Gasteiger partial charge in [-0.25, -0.2) is 4.79 Å². The molecule has 0 bridgehead atoms. The summed E-state index contributed by atoms with van der Waals surface area (Å²) in [5, 5.41) is 7.18. The Balaban J connectivity index is 2.64. The molecule has 130 valence electrons. The van der Waals surface area contributed by atoms with Gasteiger partial charge in [-0.3, -0.25) is 0 Å². The van der Waals surface area contributed by atoms with Gasteiger partial charge in [-0.2, -0.15) is 0 Å². The average molecular weight is 341 g/mol. The second-order valence-electron chi connectivity index (χ2n) is 6.79. The van der Waals surface area contributed by atoms with E-state index in [9.17, 15) is 4.79 Å². The van der Waals surface area contributed by atoms with Crippen molar-refractivity contribution < 1.29 is 9.53 Å². The summed E-state index contributed by atoms with van der Waals surface area (Å²) in [6.45, 7) is 11.0. The van der Waals surface area contributed by atoms with E-state index >= 15 is 0 Å². The first kappa shape index (κ1) is 19.8. The number of rotatable bonds is 7. The van der Waals surface area contributed by atoms with Crippen molar-refractivity contribution in [3.63, 3.8) is 0 Å². The summed E-state index contributed by atoms with van der Waals surface area (Å²) >= 11 is 6.21. The summed E-state index contributed by atoms with van der Waals surface area (Å²) in [5.41, 5.74) is 0.379. The molecular formula is C18H29ClN2O2. The molecular weight excluding hydrogens is 312 g/mol. The molecule has 0 unspecified atom stereocenters. The van der Waals surface area contributed by atoms with E-state index < -0.39 is 5.60 Å². The van der Waals surface area contributed by atoms with Crippen LogP contribution in [-0.2, 0) is 11.3 Å². The highest BCUT2D eigenvalue weighted by atomic mass is 35.5. The predicted molar refractivity (Wildman–Crippen MR) is 95.8 cm³/mol. The van der Waals surface area contributed by atoms with Crippen molar-refractivity contribution in [2.24, 2.45) is 0 Å². The number of carbonyl (C=O) groups excluding carboxylic acids is 1. The highest BCUT2D eigenvalue weighted by Gasteiger charge is 2.27. The van der Waals surface area contributed by atoms with Crippen molar-refractivity contribution in [2.75, 3.05) is 6.54 Å². The van der Waals surface area contributed by atoms with Gasteiger partial charge in [0.25, 0.3) is 0 Å². The summed E-state index contributed by atoms with van der Waals surface area (Å²) in [7, 11) is 0. The van der Waals surface area contributed by atoms with Gasteiger partial charge in [0.2, 0.25) is 0 Å². The zero-order valence-corrected chi connectivity index (χ0v) is 15.6. The van der Waals surface area contributed by atoms with E-state index in [1.807, 2.05) is 45.0 Å². The van der Waals surface area contributed by atoms with E-state index in [1.165, 1.54) is 0 Å². The zero-order chi connectivity index (χ0) is 17.5. The molecule has 0 atom stereocenters. The Morgan fingerprint density at radius 3 is 2.30 bits per heavy atom. The van der Waals surface area contributed by atoms with E-state index in [4.69, 9.17) is 16.3 Å². The maximum atomic E-state index is 11.9. The molecule has 0 aliphatic heterocycles. The lowest BCUT2D eigenvalue weighted by Gasteiger charge is -2.34. The number of carbonyl (C=O) groups is 1. The smallest absolute Gasteiger partial charge is 0.407 e. The molecule has 0 aliphatic rings. The molecule has 5 heteroatoms. The van der Waals surface area contributed by atoms with Gasteiger partial charge in [0.15, 0.2) is 0 Å². The van der Waals surface area contributed by atoms with Crippen molar-refractivity contribution in [1.29, 1.82) is 0 Å². The van der Waals surface area contributed by atoms with Crippen molar-refractivity contribution in [3.05, 3.63) is 34.9 Å². The molecule has 1 aromatic carbocycles. The number of ether oxygens (including phenoxy) is 1. The Bertz CT molecular complexity index is 508. The third kappa shape index (κ3) is 6.80. The Kier molecular flexibility index (Phi) is 7.36. The van der Waals surface area contributed by atoms with Crippen LogP contribution in [0.1, 0.15) is 53.0 Å². The van der Waals surface area contributed by atoms with Gasteiger partial charge in [0.1, 0.15) is 5.60 Å². The van der Waals surface area contributed by atoms with Gasteiger partial charge in [-0.1, -0.05) is 43.6 Å². The molecule has 2 N–H and O–H groups in total. The number of benzene rings is 1. The Morgan fingerprint density at radius 1 is 1.17 bits per heavy atom. The van der Waals surface area contributed by atoms with Crippen LogP contribution in [0.4, 0.5) is 4.79 Å². The van der Waals surface area contributed by atoms with Crippen LogP contribution >= 0.6 is 11.6 Å². The summed E-state index contributed by atoms with van der Waals surface area (Å²) < 4.78 is 5.31. The summed E-state index contributed by atoms with van der Waals surface area (Å²) in [6.07, 6.45) is 1.40. The van der Waals surface area contributed by atoms with Crippen LogP contribution in [0.25, 0.3) is 0 Å². The van der Waals surface area contributed by atoms with E-state index in [0.29, 0.717) is 13.1 Å². The molecule has 4 nitrogen and oxygen atoms in total. The van der Waals surface area contributed by atoms with E-state index in [1.54, 1.807) is 0 Å². The number of hydrogen-bond acceptors (Lipinski definition) is 3. The Labute approximate surface area is 144 Å². The summed E-state index contributed by atoms with van der Waals surface area (Å²) in [4.78, 5) is 11.9. The van der Waals surface area contributed by atoms with Gasteiger partial charge >= 0.3 is 6.09 Å². The van der Waals surface area contributed by atoms with E-state index in [2.05, 4.69) is 24.5 Å². The quantitative estimate of drug-likeness (QED) is 0.767. The molecule has 1 rings (SSSR count). The van der Waals surface area contributed by atoms with E-state index in [-0.39, 0.29) is 11.6 Å². The van der Waals surface area contributed by atoms with Gasteiger partial charge < -0.3 is 15.4 Å². The second-order valence-corrected chi connectivity index (χ2v) is 7.20. The fraction of sp³-hybridized carbons (Fsp3) is 0.611. The number of hydrogen-bond donors (Lipinski definition) is 2. The Morgan fingerprint density at radius 2 is 1.78 bits per heavy atom. The third-order valence-corrected chi connectivity index (χ3v) is 4.30. The fourth-order valence-electron chi connectivity index (χ4n) is 2.29. The van der Waals surface area contributed by atoms with Crippen molar-refractivity contribution >= 4 is 17.7 Å². The molecule has 0 saturated carbocycles. The minimum absolute atomic E-state index is 0.184. The molecule has 0 aromatic heterocycles. The van der Waals surface area contributed by atoms with Crippen molar-refractivity contribution in [3.8, 4) is 0 Å². The zero-order valence-electron chi connectivity index (χ0n) is 14.8. The molecule has 0 radical (unpaired) electrons. The first-order valence-electron chi connectivity index (χ1n) is 8.16. The molecule has 0 fully saturated rings. The highest BCUT2D eigenvalue weighted by molar-refractivity contribution is 6.31. The van der Waals surface area contributed by atoms with Crippen LogP contribution in [0, 0.1) is 0 Å². The minimum atomic E-state index is -0.490. The van der Waals surface area contributed by atoms with Crippen molar-refractivity contribution in [1.82, 2.24) is 10.6 Å². The largest absolute Gasteiger partial charge is 0.444 e. The van der Waals surface area contributed by atoms with Gasteiger partial charge in [-0.15, -0.1) is 0 Å². The molecule has 0 aliphatic carbocycles. The molecule has 0 heterocycles. The predicted octanol–water partition coefficient (Wildman–Crippen LogP) is 4.51. The van der Waals surface area contributed by atoms with Crippen LogP contribution in [-0.4, -0.2) is 23.8 Å². The van der Waals surface area contributed by atoms with Crippen molar-refractivity contribution in [2.45, 2.75) is 65.1 Å². The lowest BCUT2D eigenvalue weighted by atomic mass is 9.92. The van der Waals surface area contributed by atoms with Crippen LogP contribution in [0.3, 0.4) is 0 Å². The van der Waals surface area contributed by atoms with Crippen LogP contribution in [0.5, 0.6) is 0 Å². The molecule has 1 amide bonds. The molecule has 0 saturated heterocycles. The van der Waals surface area contributed by atoms with Crippen LogP contribution < -0.4 is 10.6 Å².